The van der Waals surface area contributed by atoms with Gasteiger partial charge in [0.15, 0.2) is 0 Å². The quantitative estimate of drug-likeness (QED) is 0.274. The van der Waals surface area contributed by atoms with Gasteiger partial charge in [0.05, 0.1) is 0 Å². The highest BCUT2D eigenvalue weighted by atomic mass is 17.5. The second-order valence-electron chi connectivity index (χ2n) is 8.31. The lowest BCUT2D eigenvalue weighted by atomic mass is 9.89. The maximum absolute atomic E-state index is 11.7. The smallest absolute Gasteiger partial charge is 0.269 e. The van der Waals surface area contributed by atoms with Crippen molar-refractivity contribution in [1.82, 2.24) is 0 Å². The molecule has 0 radical (unpaired) electrons. The van der Waals surface area contributed by atoms with Crippen LogP contribution in [0, 0.1) is 5.41 Å². The Balaban J connectivity index is 2.07. The zero-order chi connectivity index (χ0) is 18.8. The van der Waals surface area contributed by atoms with E-state index in [0.717, 1.165) is 24.8 Å². The average molecular weight is 350 g/mol. The summed E-state index contributed by atoms with van der Waals surface area (Å²) in [6.07, 6.45) is 7.08. The SMILES string of the molecule is CC(C)(C)CCCCCCCC(=O)OOOC(C)(C)c1ccccc1. The predicted octanol–water partition coefficient (Wildman–Crippen LogP) is 6.10. The van der Waals surface area contributed by atoms with Gasteiger partial charge >= 0.3 is 5.97 Å². The Labute approximate surface area is 152 Å². The largest absolute Gasteiger partial charge is 0.345 e. The van der Waals surface area contributed by atoms with Crippen molar-refractivity contribution >= 4 is 5.97 Å². The molecule has 142 valence electrons. The van der Waals surface area contributed by atoms with E-state index >= 15 is 0 Å². The topological polar surface area (TPSA) is 44.8 Å². The third kappa shape index (κ3) is 10.3. The summed E-state index contributed by atoms with van der Waals surface area (Å²) in [5.74, 6) is -0.390. The second-order valence-corrected chi connectivity index (χ2v) is 8.31. The number of unbranched alkanes of at least 4 members (excludes halogenated alkanes) is 4. The standard InChI is InChI=1S/C21H34O4/c1-20(2,3)17-13-8-6-7-12-16-19(22)23-25-24-21(4,5)18-14-10-9-11-15-18/h9-11,14-15H,6-8,12-13,16-17H2,1-5H3. The molecule has 0 aliphatic rings. The van der Waals surface area contributed by atoms with Crippen molar-refractivity contribution in [3.05, 3.63) is 35.9 Å². The van der Waals surface area contributed by atoms with Crippen LogP contribution in [0.3, 0.4) is 0 Å². The first-order valence-electron chi connectivity index (χ1n) is 9.31. The van der Waals surface area contributed by atoms with Gasteiger partial charge in [-0.15, -0.1) is 0 Å². The van der Waals surface area contributed by atoms with E-state index in [0.29, 0.717) is 11.8 Å². The van der Waals surface area contributed by atoms with Crippen LogP contribution in [0.25, 0.3) is 0 Å². The van der Waals surface area contributed by atoms with Gasteiger partial charge in [-0.2, -0.15) is 4.89 Å². The molecule has 4 nitrogen and oxygen atoms in total. The minimum absolute atomic E-state index is 0.356. The zero-order valence-corrected chi connectivity index (χ0v) is 16.5. The monoisotopic (exact) mass is 350 g/mol. The molecular formula is C21H34O4. The number of benzene rings is 1. The third-order valence-corrected chi connectivity index (χ3v) is 4.15. The second kappa shape index (κ2) is 10.6. The van der Waals surface area contributed by atoms with Gasteiger partial charge < -0.3 is 0 Å². The molecule has 0 spiro atoms. The number of hydrogen-bond donors (Lipinski definition) is 0. The molecule has 25 heavy (non-hydrogen) atoms. The fourth-order valence-corrected chi connectivity index (χ4v) is 2.52. The normalized spacial score (nSPS) is 12.2. The van der Waals surface area contributed by atoms with Crippen LogP contribution in [-0.4, -0.2) is 5.97 Å². The molecule has 1 rings (SSSR count). The number of carbonyl (C=O) groups excluding carboxylic acids is 1. The van der Waals surface area contributed by atoms with Crippen molar-refractivity contribution in [2.45, 2.75) is 85.2 Å². The third-order valence-electron chi connectivity index (χ3n) is 4.15. The van der Waals surface area contributed by atoms with E-state index in [4.69, 9.17) is 14.8 Å². The maximum Gasteiger partial charge on any atom is 0.345 e. The van der Waals surface area contributed by atoms with Crippen LogP contribution in [0.4, 0.5) is 0 Å². The first-order valence-corrected chi connectivity index (χ1v) is 9.31. The molecule has 1 aromatic carbocycles. The molecule has 0 aliphatic heterocycles. The molecule has 0 fully saturated rings. The summed E-state index contributed by atoms with van der Waals surface area (Å²) < 4.78 is 0. The van der Waals surface area contributed by atoms with Crippen LogP contribution in [0.5, 0.6) is 0 Å². The molecule has 0 saturated carbocycles. The van der Waals surface area contributed by atoms with Crippen molar-refractivity contribution < 1.29 is 19.6 Å². The molecule has 4 heteroatoms. The lowest BCUT2D eigenvalue weighted by Gasteiger charge is -2.22. The minimum Gasteiger partial charge on any atom is -0.269 e. The summed E-state index contributed by atoms with van der Waals surface area (Å²) in [5, 5.41) is 4.70. The highest BCUT2D eigenvalue weighted by Crippen LogP contribution is 2.25. The summed E-state index contributed by atoms with van der Waals surface area (Å²) in [4.78, 5) is 21.6. The molecule has 0 aromatic heterocycles. The van der Waals surface area contributed by atoms with Crippen LogP contribution >= 0.6 is 0 Å². The fraction of sp³-hybridized carbons (Fsp3) is 0.667. The summed E-state index contributed by atoms with van der Waals surface area (Å²) in [5.41, 5.74) is 0.671. The lowest BCUT2D eigenvalue weighted by molar-refractivity contribution is -0.520. The van der Waals surface area contributed by atoms with Gasteiger partial charge in [0.1, 0.15) is 5.60 Å². The minimum atomic E-state index is -0.686. The highest BCUT2D eigenvalue weighted by molar-refractivity contribution is 5.68. The zero-order valence-electron chi connectivity index (χ0n) is 16.5. The Bertz CT molecular complexity index is 488. The summed E-state index contributed by atoms with van der Waals surface area (Å²) >= 11 is 0. The average Bonchev–Trinajstić information content (AvgIpc) is 2.53. The molecular weight excluding hydrogens is 316 g/mol. The van der Waals surface area contributed by atoms with Gasteiger partial charge in [-0.3, -0.25) is 4.89 Å². The molecule has 0 heterocycles. The van der Waals surface area contributed by atoms with Crippen molar-refractivity contribution in [3.63, 3.8) is 0 Å². The van der Waals surface area contributed by atoms with E-state index in [1.54, 1.807) is 0 Å². The number of hydrogen-bond acceptors (Lipinski definition) is 4. The Morgan fingerprint density at radius 1 is 0.880 bits per heavy atom. The van der Waals surface area contributed by atoms with E-state index < -0.39 is 11.6 Å². The van der Waals surface area contributed by atoms with Crippen molar-refractivity contribution in [2.75, 3.05) is 0 Å². The predicted molar refractivity (Wildman–Crippen MR) is 99.5 cm³/mol. The molecule has 0 atom stereocenters. The highest BCUT2D eigenvalue weighted by Gasteiger charge is 2.23. The number of carbonyl (C=O) groups is 1. The van der Waals surface area contributed by atoms with Gasteiger partial charge in [0.25, 0.3) is 0 Å². The van der Waals surface area contributed by atoms with Crippen LogP contribution < -0.4 is 0 Å². The van der Waals surface area contributed by atoms with Gasteiger partial charge in [-0.25, -0.2) is 4.79 Å². The summed E-state index contributed by atoms with van der Waals surface area (Å²) in [7, 11) is 0. The first kappa shape index (κ1) is 21.7. The molecule has 0 N–H and O–H groups in total. The summed E-state index contributed by atoms with van der Waals surface area (Å²) in [6.45, 7) is 10.5. The van der Waals surface area contributed by atoms with Crippen LogP contribution in [-0.2, 0) is 25.2 Å². The van der Waals surface area contributed by atoms with Crippen molar-refractivity contribution in [1.29, 1.82) is 0 Å². The van der Waals surface area contributed by atoms with E-state index in [1.807, 2.05) is 44.2 Å². The van der Waals surface area contributed by atoms with Crippen molar-refractivity contribution in [3.8, 4) is 0 Å². The van der Waals surface area contributed by atoms with E-state index in [-0.39, 0.29) is 0 Å². The van der Waals surface area contributed by atoms with Crippen LogP contribution in [0.1, 0.15) is 85.1 Å². The fourth-order valence-electron chi connectivity index (χ4n) is 2.52. The van der Waals surface area contributed by atoms with E-state index in [2.05, 4.69) is 20.8 Å². The Kier molecular flexibility index (Phi) is 9.15. The molecule has 0 bridgehead atoms. The molecule has 0 aliphatic carbocycles. The Morgan fingerprint density at radius 3 is 2.12 bits per heavy atom. The van der Waals surface area contributed by atoms with Gasteiger partial charge in [0, 0.05) is 6.42 Å². The Morgan fingerprint density at radius 2 is 1.48 bits per heavy atom. The van der Waals surface area contributed by atoms with Crippen LogP contribution in [0.15, 0.2) is 30.3 Å². The summed E-state index contributed by atoms with van der Waals surface area (Å²) in [6, 6.07) is 9.65. The van der Waals surface area contributed by atoms with Gasteiger partial charge in [-0.05, 0) is 42.7 Å². The van der Waals surface area contributed by atoms with Gasteiger partial charge in [0.2, 0.25) is 0 Å². The Hall–Kier alpha value is -1.39. The van der Waals surface area contributed by atoms with E-state index in [9.17, 15) is 4.79 Å². The molecule has 1 aromatic rings. The molecule has 0 amide bonds. The van der Waals surface area contributed by atoms with E-state index in [1.165, 1.54) is 19.3 Å². The first-order chi connectivity index (χ1) is 11.7. The maximum atomic E-state index is 11.7. The molecule has 0 unspecified atom stereocenters. The van der Waals surface area contributed by atoms with Crippen LogP contribution in [0.2, 0.25) is 0 Å². The van der Waals surface area contributed by atoms with Gasteiger partial charge in [-0.1, -0.05) is 76.8 Å². The molecule has 0 saturated heterocycles. The lowest BCUT2D eigenvalue weighted by Crippen LogP contribution is -2.22. The number of rotatable bonds is 11. The van der Waals surface area contributed by atoms with Crippen molar-refractivity contribution in [2.24, 2.45) is 5.41 Å².